The zero-order valence-corrected chi connectivity index (χ0v) is 15.0. The van der Waals surface area contributed by atoms with E-state index in [1.54, 1.807) is 0 Å². The third-order valence-electron chi connectivity index (χ3n) is 6.48. The highest BCUT2D eigenvalue weighted by molar-refractivity contribution is 5.76. The Morgan fingerprint density at radius 2 is 2.00 bits per heavy atom. The van der Waals surface area contributed by atoms with Gasteiger partial charge in [0.1, 0.15) is 0 Å². The van der Waals surface area contributed by atoms with Gasteiger partial charge in [-0.15, -0.1) is 0 Å². The van der Waals surface area contributed by atoms with Crippen LogP contribution in [-0.2, 0) is 16.6 Å². The van der Waals surface area contributed by atoms with Crippen molar-refractivity contribution in [2.75, 3.05) is 0 Å². The molecule has 0 aliphatic heterocycles. The number of hydrogen-bond donors (Lipinski definition) is 1. The summed E-state index contributed by atoms with van der Waals surface area (Å²) < 4.78 is 5.28. The molecule has 4 rings (SSSR count). The van der Waals surface area contributed by atoms with Crippen molar-refractivity contribution in [2.24, 2.45) is 23.7 Å². The fraction of sp³-hybridized carbons (Fsp3) is 0.842. The number of fused-ring (bicyclic) bond motifs is 5. The van der Waals surface area contributed by atoms with Crippen LogP contribution in [0.4, 0.5) is 0 Å². The van der Waals surface area contributed by atoms with Crippen molar-refractivity contribution in [3.05, 3.63) is 11.7 Å². The SMILES string of the molecule is CC(C)(C)c1noc(CCC(=O)NC2CC3CC2C2CCCC32)n1. The van der Waals surface area contributed by atoms with Crippen LogP contribution in [0.3, 0.4) is 0 Å². The molecule has 0 saturated heterocycles. The Hall–Kier alpha value is -1.39. The van der Waals surface area contributed by atoms with E-state index in [2.05, 4.69) is 36.2 Å². The van der Waals surface area contributed by atoms with Gasteiger partial charge in [-0.2, -0.15) is 4.98 Å². The van der Waals surface area contributed by atoms with Gasteiger partial charge >= 0.3 is 0 Å². The zero-order valence-electron chi connectivity index (χ0n) is 15.0. The van der Waals surface area contributed by atoms with E-state index >= 15 is 0 Å². The van der Waals surface area contributed by atoms with Crippen LogP contribution >= 0.6 is 0 Å². The number of amides is 1. The van der Waals surface area contributed by atoms with Crippen molar-refractivity contribution in [3.8, 4) is 0 Å². The van der Waals surface area contributed by atoms with E-state index < -0.39 is 0 Å². The average Bonchev–Trinajstić information content (AvgIpc) is 3.25. The van der Waals surface area contributed by atoms with Gasteiger partial charge in [-0.3, -0.25) is 4.79 Å². The standard InChI is InChI=1S/C19H29N3O2/c1-19(2,3)18-21-17(24-22-18)8-7-16(23)20-15-10-11-9-14(15)13-6-4-5-12(11)13/h11-15H,4-10H2,1-3H3,(H,20,23). The van der Waals surface area contributed by atoms with Gasteiger partial charge in [-0.1, -0.05) is 32.3 Å². The number of rotatable bonds is 4. The lowest BCUT2D eigenvalue weighted by molar-refractivity contribution is -0.122. The predicted octanol–water partition coefficient (Wildman–Crippen LogP) is 3.24. The first-order valence-electron chi connectivity index (χ1n) is 9.54. The largest absolute Gasteiger partial charge is 0.353 e. The molecule has 3 aliphatic rings. The highest BCUT2D eigenvalue weighted by atomic mass is 16.5. The van der Waals surface area contributed by atoms with Crippen molar-refractivity contribution in [1.82, 2.24) is 15.5 Å². The zero-order chi connectivity index (χ0) is 16.9. The number of carbonyl (C=O) groups excluding carboxylic acids is 1. The summed E-state index contributed by atoms with van der Waals surface area (Å²) in [4.78, 5) is 16.8. The topological polar surface area (TPSA) is 68.0 Å². The summed E-state index contributed by atoms with van der Waals surface area (Å²) in [5, 5.41) is 7.32. The molecule has 0 spiro atoms. The van der Waals surface area contributed by atoms with Crippen LogP contribution in [0.1, 0.15) is 71.0 Å². The third kappa shape index (κ3) is 2.86. The Balaban J connectivity index is 1.28. The molecule has 1 amide bonds. The summed E-state index contributed by atoms with van der Waals surface area (Å²) in [6.07, 6.45) is 7.73. The Morgan fingerprint density at radius 1 is 1.21 bits per heavy atom. The minimum Gasteiger partial charge on any atom is -0.353 e. The maximum absolute atomic E-state index is 12.3. The molecule has 1 aromatic rings. The summed E-state index contributed by atoms with van der Waals surface area (Å²) in [6, 6.07) is 0.412. The van der Waals surface area contributed by atoms with Crippen molar-refractivity contribution in [3.63, 3.8) is 0 Å². The van der Waals surface area contributed by atoms with Gasteiger partial charge in [0.2, 0.25) is 11.8 Å². The quantitative estimate of drug-likeness (QED) is 0.919. The van der Waals surface area contributed by atoms with E-state index in [4.69, 9.17) is 4.52 Å². The van der Waals surface area contributed by atoms with E-state index in [1.807, 2.05) is 0 Å². The van der Waals surface area contributed by atoms with Crippen molar-refractivity contribution >= 4 is 5.91 Å². The van der Waals surface area contributed by atoms with Gasteiger partial charge in [-0.25, -0.2) is 0 Å². The number of nitrogens with zero attached hydrogens (tertiary/aromatic N) is 2. The molecular formula is C19H29N3O2. The number of aromatic nitrogens is 2. The minimum atomic E-state index is -0.120. The average molecular weight is 331 g/mol. The van der Waals surface area contributed by atoms with Gasteiger partial charge < -0.3 is 9.84 Å². The minimum absolute atomic E-state index is 0.120. The van der Waals surface area contributed by atoms with Gasteiger partial charge in [0.15, 0.2) is 5.82 Å². The molecule has 1 N–H and O–H groups in total. The molecule has 1 heterocycles. The summed E-state index contributed by atoms with van der Waals surface area (Å²) in [7, 11) is 0. The van der Waals surface area contributed by atoms with Crippen LogP contribution < -0.4 is 5.32 Å². The second kappa shape index (κ2) is 5.85. The lowest BCUT2D eigenvalue weighted by Crippen LogP contribution is -2.42. The van der Waals surface area contributed by atoms with Gasteiger partial charge in [0, 0.05) is 24.3 Å². The smallest absolute Gasteiger partial charge is 0.227 e. The molecule has 24 heavy (non-hydrogen) atoms. The van der Waals surface area contributed by atoms with Crippen LogP contribution in [0.5, 0.6) is 0 Å². The van der Waals surface area contributed by atoms with Gasteiger partial charge in [0.05, 0.1) is 0 Å². The van der Waals surface area contributed by atoms with Crippen LogP contribution in [0.25, 0.3) is 0 Å². The molecule has 3 fully saturated rings. The predicted molar refractivity (Wildman–Crippen MR) is 90.3 cm³/mol. The Morgan fingerprint density at radius 3 is 2.75 bits per heavy atom. The van der Waals surface area contributed by atoms with Crippen LogP contribution in [0.15, 0.2) is 4.52 Å². The van der Waals surface area contributed by atoms with E-state index in [9.17, 15) is 4.79 Å². The molecule has 2 bridgehead atoms. The summed E-state index contributed by atoms with van der Waals surface area (Å²) in [5.74, 6) is 4.88. The molecule has 1 aromatic heterocycles. The first kappa shape index (κ1) is 16.1. The molecule has 5 unspecified atom stereocenters. The molecule has 5 atom stereocenters. The van der Waals surface area contributed by atoms with Gasteiger partial charge in [0.25, 0.3) is 0 Å². The Bertz CT molecular complexity index is 618. The van der Waals surface area contributed by atoms with Crippen LogP contribution in [0, 0.1) is 23.7 Å². The van der Waals surface area contributed by atoms with Crippen molar-refractivity contribution < 1.29 is 9.32 Å². The molecule has 0 aromatic carbocycles. The fourth-order valence-corrected chi connectivity index (χ4v) is 5.39. The molecule has 132 valence electrons. The van der Waals surface area contributed by atoms with Gasteiger partial charge in [-0.05, 0) is 49.4 Å². The monoisotopic (exact) mass is 331 g/mol. The second-order valence-corrected chi connectivity index (χ2v) is 9.09. The normalized spacial score (nSPS) is 34.5. The summed E-state index contributed by atoms with van der Waals surface area (Å²) in [6.45, 7) is 6.17. The van der Waals surface area contributed by atoms with E-state index in [0.29, 0.717) is 30.6 Å². The molecule has 0 radical (unpaired) electrons. The van der Waals surface area contributed by atoms with Crippen LogP contribution in [-0.4, -0.2) is 22.1 Å². The maximum Gasteiger partial charge on any atom is 0.227 e. The first-order valence-corrected chi connectivity index (χ1v) is 9.54. The van der Waals surface area contributed by atoms with E-state index in [1.165, 1.54) is 32.1 Å². The number of nitrogens with one attached hydrogen (secondary N) is 1. The van der Waals surface area contributed by atoms with E-state index in [-0.39, 0.29) is 11.3 Å². The molecule has 3 aliphatic carbocycles. The van der Waals surface area contributed by atoms with Crippen molar-refractivity contribution in [1.29, 1.82) is 0 Å². The highest BCUT2D eigenvalue weighted by Gasteiger charge is 2.53. The Labute approximate surface area is 144 Å². The lowest BCUT2D eigenvalue weighted by Gasteiger charge is -2.32. The van der Waals surface area contributed by atoms with Crippen molar-refractivity contribution in [2.45, 2.75) is 77.2 Å². The molecular weight excluding hydrogens is 302 g/mol. The fourth-order valence-electron chi connectivity index (χ4n) is 5.39. The first-order chi connectivity index (χ1) is 11.4. The summed E-state index contributed by atoms with van der Waals surface area (Å²) in [5.41, 5.74) is -0.120. The number of aryl methyl sites for hydroxylation is 1. The molecule has 5 heteroatoms. The Kier molecular flexibility index (Phi) is 3.92. The lowest BCUT2D eigenvalue weighted by atomic mass is 9.79. The molecule has 5 nitrogen and oxygen atoms in total. The maximum atomic E-state index is 12.3. The molecule has 3 saturated carbocycles. The number of carbonyl (C=O) groups is 1. The summed E-state index contributed by atoms with van der Waals surface area (Å²) >= 11 is 0. The third-order valence-corrected chi connectivity index (χ3v) is 6.48. The number of hydrogen-bond acceptors (Lipinski definition) is 4. The van der Waals surface area contributed by atoms with Crippen LogP contribution in [0.2, 0.25) is 0 Å². The highest BCUT2D eigenvalue weighted by Crippen LogP contribution is 2.58. The van der Waals surface area contributed by atoms with E-state index in [0.717, 1.165) is 23.7 Å². The second-order valence-electron chi connectivity index (χ2n) is 9.09.